The molecule has 1 aliphatic carbocycles. The maximum atomic E-state index is 13.1. The van der Waals surface area contributed by atoms with Gasteiger partial charge in [0, 0.05) is 19.0 Å². The van der Waals surface area contributed by atoms with Gasteiger partial charge >= 0.3 is 5.97 Å². The third-order valence-corrected chi connectivity index (χ3v) is 7.62. The number of methoxy groups -OCH3 is 1. The number of esters is 1. The lowest BCUT2D eigenvalue weighted by atomic mass is 9.78. The molecule has 2 heterocycles. The van der Waals surface area contributed by atoms with Crippen LogP contribution in [0.1, 0.15) is 25.3 Å². The van der Waals surface area contributed by atoms with E-state index in [1.165, 1.54) is 41.2 Å². The van der Waals surface area contributed by atoms with Crippen LogP contribution >= 0.6 is 0 Å². The number of anilines is 2. The van der Waals surface area contributed by atoms with Crippen molar-refractivity contribution in [3.8, 4) is 11.5 Å². The van der Waals surface area contributed by atoms with Crippen LogP contribution in [0.15, 0.2) is 48.6 Å². The number of non-ortho nitro benzene ring substituents is 1. The largest absolute Gasteiger partial charge is 0.494 e. The summed E-state index contributed by atoms with van der Waals surface area (Å²) in [5, 5.41) is 11.1. The number of carbonyl (C=O) groups is 4. The van der Waals surface area contributed by atoms with Gasteiger partial charge in [-0.2, -0.15) is 0 Å². The van der Waals surface area contributed by atoms with Crippen molar-refractivity contribution in [2.45, 2.75) is 26.7 Å². The normalized spacial score (nSPS) is 24.2. The van der Waals surface area contributed by atoms with Crippen LogP contribution in [0.25, 0.3) is 0 Å². The number of hydrogen-bond acceptors (Lipinski definition) is 8. The number of amides is 3. The molecular formula is C28H27N3O8. The number of nitro benzene ring substituents is 1. The van der Waals surface area contributed by atoms with Crippen LogP contribution in [0.5, 0.6) is 11.5 Å². The van der Waals surface area contributed by atoms with Crippen LogP contribution < -0.4 is 19.3 Å². The van der Waals surface area contributed by atoms with Crippen molar-refractivity contribution in [1.29, 1.82) is 0 Å². The Bertz CT molecular complexity index is 1430. The van der Waals surface area contributed by atoms with Crippen molar-refractivity contribution in [3.05, 3.63) is 64.2 Å². The lowest BCUT2D eigenvalue weighted by Crippen LogP contribution is -2.32. The Morgan fingerprint density at radius 3 is 2.49 bits per heavy atom. The fourth-order valence-electron chi connectivity index (χ4n) is 5.63. The highest BCUT2D eigenvalue weighted by Gasteiger charge is 2.50. The minimum atomic E-state index is -0.767. The Labute approximate surface area is 224 Å². The maximum Gasteiger partial charge on any atom is 0.316 e. The first-order valence-electron chi connectivity index (χ1n) is 12.6. The number of rotatable bonds is 6. The molecule has 2 aromatic carbocycles. The number of ether oxygens (including phenoxy) is 2. The second-order valence-corrected chi connectivity index (χ2v) is 10.1. The van der Waals surface area contributed by atoms with Crippen molar-refractivity contribution in [1.82, 2.24) is 0 Å². The second kappa shape index (κ2) is 9.97. The molecule has 0 radical (unpaired) electrons. The van der Waals surface area contributed by atoms with Gasteiger partial charge in [0.05, 0.1) is 47.2 Å². The van der Waals surface area contributed by atoms with Gasteiger partial charge in [0.25, 0.3) is 5.69 Å². The van der Waals surface area contributed by atoms with Gasteiger partial charge in [0.15, 0.2) is 0 Å². The summed E-state index contributed by atoms with van der Waals surface area (Å²) < 4.78 is 10.8. The van der Waals surface area contributed by atoms with Crippen LogP contribution in [0.2, 0.25) is 0 Å². The van der Waals surface area contributed by atoms with E-state index in [1.54, 1.807) is 19.1 Å². The molecule has 0 bridgehead atoms. The third kappa shape index (κ3) is 4.53. The van der Waals surface area contributed by atoms with Gasteiger partial charge in [-0.3, -0.25) is 29.3 Å². The zero-order chi connectivity index (χ0) is 28.0. The Balaban J connectivity index is 1.29. The molecule has 202 valence electrons. The highest BCUT2D eigenvalue weighted by atomic mass is 16.6. The van der Waals surface area contributed by atoms with Crippen molar-refractivity contribution >= 4 is 40.8 Å². The Kier molecular flexibility index (Phi) is 6.67. The number of nitro groups is 1. The summed E-state index contributed by atoms with van der Waals surface area (Å²) in [5.74, 6) is -2.56. The lowest BCUT2D eigenvalue weighted by molar-refractivity contribution is -0.384. The van der Waals surface area contributed by atoms with E-state index in [9.17, 15) is 29.3 Å². The van der Waals surface area contributed by atoms with Gasteiger partial charge in [-0.1, -0.05) is 19.1 Å². The van der Waals surface area contributed by atoms with E-state index in [0.717, 1.165) is 0 Å². The Hall–Kier alpha value is -4.54. The first-order valence-corrected chi connectivity index (χ1v) is 12.6. The van der Waals surface area contributed by atoms with Crippen LogP contribution in [-0.2, 0) is 19.2 Å². The van der Waals surface area contributed by atoms with Crippen LogP contribution in [0.4, 0.5) is 17.1 Å². The molecule has 3 amide bonds. The monoisotopic (exact) mass is 533 g/mol. The molecular weight excluding hydrogens is 506 g/mol. The van der Waals surface area contributed by atoms with E-state index in [-0.39, 0.29) is 65.6 Å². The van der Waals surface area contributed by atoms with Crippen LogP contribution in [0, 0.1) is 40.7 Å². The average molecular weight is 534 g/mol. The van der Waals surface area contributed by atoms with Gasteiger partial charge in [-0.05, 0) is 49.1 Å². The predicted molar refractivity (Wildman–Crippen MR) is 139 cm³/mol. The quantitative estimate of drug-likeness (QED) is 0.137. The van der Waals surface area contributed by atoms with Crippen molar-refractivity contribution in [2.24, 2.45) is 23.7 Å². The van der Waals surface area contributed by atoms with E-state index in [0.29, 0.717) is 23.4 Å². The van der Waals surface area contributed by atoms with E-state index >= 15 is 0 Å². The molecule has 0 aromatic heterocycles. The van der Waals surface area contributed by atoms with Crippen molar-refractivity contribution in [3.63, 3.8) is 0 Å². The first kappa shape index (κ1) is 26.1. The minimum absolute atomic E-state index is 0.0225. The summed E-state index contributed by atoms with van der Waals surface area (Å²) in [6.07, 6.45) is 4.36. The standard InChI is InChI=1S/C28H27N3O8/c1-15-5-4-6-20-25(15)27(34)30(26(20)33)21-10-8-19(11-16(21)2)39-28(35)17-12-24(32)29(14-17)22-9-7-18(31(36)37)13-23(22)38-3/h4-5,7-11,13,15,17,20,25H,6,12,14H2,1-3H3/t15-,17-,20-,25-/m1/s1. The lowest BCUT2D eigenvalue weighted by Gasteiger charge is -2.22. The highest BCUT2D eigenvalue weighted by Crippen LogP contribution is 2.42. The topological polar surface area (TPSA) is 136 Å². The van der Waals surface area contributed by atoms with Crippen molar-refractivity contribution in [2.75, 3.05) is 23.5 Å². The summed E-state index contributed by atoms with van der Waals surface area (Å²) in [6, 6.07) is 8.61. The van der Waals surface area contributed by atoms with Gasteiger partial charge in [-0.25, -0.2) is 4.90 Å². The average Bonchev–Trinajstić information content (AvgIpc) is 3.41. The molecule has 39 heavy (non-hydrogen) atoms. The molecule has 2 aromatic rings. The zero-order valence-corrected chi connectivity index (χ0v) is 21.7. The molecule has 11 nitrogen and oxygen atoms in total. The number of fused-ring (bicyclic) bond motifs is 1. The number of allylic oxidation sites excluding steroid dienone is 2. The first-order chi connectivity index (χ1) is 18.6. The summed E-state index contributed by atoms with van der Waals surface area (Å²) in [5.41, 5.74) is 1.20. The number of aryl methyl sites for hydroxylation is 1. The fourth-order valence-corrected chi connectivity index (χ4v) is 5.63. The zero-order valence-electron chi connectivity index (χ0n) is 21.7. The van der Waals surface area contributed by atoms with Gasteiger partial charge < -0.3 is 14.4 Å². The number of hydrogen-bond donors (Lipinski definition) is 0. The van der Waals surface area contributed by atoms with E-state index in [2.05, 4.69) is 0 Å². The molecule has 0 unspecified atom stereocenters. The number of carbonyl (C=O) groups excluding carboxylic acids is 4. The van der Waals surface area contributed by atoms with Gasteiger partial charge in [-0.15, -0.1) is 0 Å². The number of nitrogens with zero attached hydrogens (tertiary/aromatic N) is 3. The molecule has 0 N–H and O–H groups in total. The molecule has 2 fully saturated rings. The van der Waals surface area contributed by atoms with Gasteiger partial charge in [0.1, 0.15) is 11.5 Å². The summed E-state index contributed by atoms with van der Waals surface area (Å²) in [6.45, 7) is 3.69. The highest BCUT2D eigenvalue weighted by molar-refractivity contribution is 6.22. The summed E-state index contributed by atoms with van der Waals surface area (Å²) in [7, 11) is 1.34. The molecule has 2 aliphatic heterocycles. The van der Waals surface area contributed by atoms with Crippen LogP contribution in [0.3, 0.4) is 0 Å². The van der Waals surface area contributed by atoms with Crippen LogP contribution in [-0.4, -0.2) is 42.3 Å². The Morgan fingerprint density at radius 1 is 1.08 bits per heavy atom. The molecule has 4 atom stereocenters. The molecule has 5 rings (SSSR count). The second-order valence-electron chi connectivity index (χ2n) is 10.1. The molecule has 0 saturated carbocycles. The molecule has 11 heteroatoms. The minimum Gasteiger partial charge on any atom is -0.494 e. The third-order valence-electron chi connectivity index (χ3n) is 7.62. The SMILES string of the molecule is COc1cc([N+](=O)[O-])ccc1N1C[C@H](C(=O)Oc2ccc(N3C(=O)[C@@H]4[C@H](C)C=CC[C@H]4C3=O)c(C)c2)CC1=O. The summed E-state index contributed by atoms with van der Waals surface area (Å²) >= 11 is 0. The maximum absolute atomic E-state index is 13.1. The number of benzene rings is 2. The smallest absolute Gasteiger partial charge is 0.316 e. The molecule has 2 saturated heterocycles. The number of imide groups is 1. The predicted octanol–water partition coefficient (Wildman–Crippen LogP) is 3.57. The molecule has 3 aliphatic rings. The van der Waals surface area contributed by atoms with E-state index in [4.69, 9.17) is 9.47 Å². The van der Waals surface area contributed by atoms with E-state index < -0.39 is 16.8 Å². The summed E-state index contributed by atoms with van der Waals surface area (Å²) in [4.78, 5) is 65.0. The molecule has 0 spiro atoms. The van der Waals surface area contributed by atoms with Crippen molar-refractivity contribution < 1.29 is 33.6 Å². The Morgan fingerprint density at radius 2 is 1.82 bits per heavy atom. The fraction of sp³-hybridized carbons (Fsp3) is 0.357. The van der Waals surface area contributed by atoms with E-state index in [1.807, 2.05) is 19.1 Å². The van der Waals surface area contributed by atoms with Gasteiger partial charge in [0.2, 0.25) is 17.7 Å².